The lowest BCUT2D eigenvalue weighted by Gasteiger charge is -2.15. The van der Waals surface area contributed by atoms with Crippen LogP contribution < -0.4 is 10.6 Å². The number of aliphatic hydroxyl groups excluding tert-OH is 1. The van der Waals surface area contributed by atoms with E-state index in [2.05, 4.69) is 10.6 Å². The summed E-state index contributed by atoms with van der Waals surface area (Å²) in [5.41, 5.74) is 0. The highest BCUT2D eigenvalue weighted by atomic mass is 16.3. The molecule has 15 heavy (non-hydrogen) atoms. The van der Waals surface area contributed by atoms with E-state index in [0.29, 0.717) is 6.42 Å². The maximum Gasteiger partial charge on any atom is 0.315 e. The topological polar surface area (TPSA) is 78.4 Å². The number of carbonyl (C=O) groups is 2. The van der Waals surface area contributed by atoms with E-state index in [9.17, 15) is 9.59 Å². The van der Waals surface area contributed by atoms with Gasteiger partial charge in [0.1, 0.15) is 6.29 Å². The van der Waals surface area contributed by atoms with E-state index < -0.39 is 0 Å². The molecule has 86 valence electrons. The van der Waals surface area contributed by atoms with Gasteiger partial charge in [0, 0.05) is 6.42 Å². The standard InChI is InChI=1S/C10H18N2O3/c13-6-4-2-1-3-5-8-9(7-14)12-10(15)11-8/h6,8-9,14H,1-5,7H2,(H2,11,12,15)/t8-,9+/m1/s1. The third-order valence-corrected chi connectivity index (χ3v) is 2.65. The van der Waals surface area contributed by atoms with Crippen molar-refractivity contribution >= 4 is 12.3 Å². The first-order chi connectivity index (χ1) is 7.27. The van der Waals surface area contributed by atoms with Gasteiger partial charge in [-0.1, -0.05) is 12.8 Å². The number of hydrogen-bond donors (Lipinski definition) is 3. The molecule has 5 nitrogen and oxygen atoms in total. The number of amides is 2. The van der Waals surface area contributed by atoms with Crippen LogP contribution in [0.4, 0.5) is 4.79 Å². The molecule has 1 rings (SSSR count). The van der Waals surface area contributed by atoms with Crippen LogP contribution in [0.3, 0.4) is 0 Å². The van der Waals surface area contributed by atoms with Crippen molar-refractivity contribution in [3.8, 4) is 0 Å². The minimum Gasteiger partial charge on any atom is -0.394 e. The van der Waals surface area contributed by atoms with Crippen LogP contribution >= 0.6 is 0 Å². The Morgan fingerprint density at radius 2 is 1.93 bits per heavy atom. The maximum atomic E-state index is 11.0. The Morgan fingerprint density at radius 3 is 2.60 bits per heavy atom. The van der Waals surface area contributed by atoms with Gasteiger partial charge in [0.2, 0.25) is 0 Å². The summed E-state index contributed by atoms with van der Waals surface area (Å²) in [7, 11) is 0. The van der Waals surface area contributed by atoms with Crippen LogP contribution in [0.15, 0.2) is 0 Å². The minimum absolute atomic E-state index is 0.0266. The summed E-state index contributed by atoms with van der Waals surface area (Å²) < 4.78 is 0. The predicted molar refractivity (Wildman–Crippen MR) is 55.5 cm³/mol. The fraction of sp³-hybridized carbons (Fsp3) is 0.800. The molecule has 0 spiro atoms. The summed E-state index contributed by atoms with van der Waals surface area (Å²) >= 11 is 0. The zero-order chi connectivity index (χ0) is 11.1. The fourth-order valence-electron chi connectivity index (χ4n) is 1.79. The molecule has 0 bridgehead atoms. The Morgan fingerprint density at radius 1 is 1.20 bits per heavy atom. The number of aldehydes is 1. The maximum absolute atomic E-state index is 11.0. The van der Waals surface area contributed by atoms with Gasteiger partial charge in [-0.2, -0.15) is 0 Å². The van der Waals surface area contributed by atoms with Gasteiger partial charge in [0.25, 0.3) is 0 Å². The largest absolute Gasteiger partial charge is 0.394 e. The van der Waals surface area contributed by atoms with Crippen molar-refractivity contribution in [2.75, 3.05) is 6.61 Å². The van der Waals surface area contributed by atoms with Crippen LogP contribution in [-0.4, -0.2) is 36.1 Å². The Bertz CT molecular complexity index is 221. The zero-order valence-corrected chi connectivity index (χ0v) is 8.74. The molecule has 0 unspecified atom stereocenters. The second kappa shape index (κ2) is 6.40. The molecule has 0 aromatic rings. The van der Waals surface area contributed by atoms with Crippen molar-refractivity contribution in [2.24, 2.45) is 0 Å². The molecule has 1 aliphatic rings. The second-order valence-electron chi connectivity index (χ2n) is 3.82. The normalized spacial score (nSPS) is 24.7. The lowest BCUT2D eigenvalue weighted by Crippen LogP contribution is -2.36. The average molecular weight is 214 g/mol. The second-order valence-corrected chi connectivity index (χ2v) is 3.82. The van der Waals surface area contributed by atoms with Gasteiger partial charge in [-0.15, -0.1) is 0 Å². The van der Waals surface area contributed by atoms with Crippen molar-refractivity contribution in [3.63, 3.8) is 0 Å². The molecule has 0 aromatic carbocycles. The summed E-state index contributed by atoms with van der Waals surface area (Å²) in [4.78, 5) is 21.0. The summed E-state index contributed by atoms with van der Waals surface area (Å²) in [5, 5.41) is 14.4. The van der Waals surface area contributed by atoms with Crippen LogP contribution in [0.25, 0.3) is 0 Å². The molecule has 3 N–H and O–H groups in total. The van der Waals surface area contributed by atoms with Crippen LogP contribution in [0.2, 0.25) is 0 Å². The molecule has 0 saturated carbocycles. The molecule has 1 saturated heterocycles. The Labute approximate surface area is 89.2 Å². The molecule has 5 heteroatoms. The molecule has 1 aliphatic heterocycles. The summed E-state index contributed by atoms with van der Waals surface area (Å²) in [6.45, 7) is -0.0300. The van der Waals surface area contributed by atoms with Crippen LogP contribution in [0.5, 0.6) is 0 Å². The number of hydrogen-bond acceptors (Lipinski definition) is 3. The number of unbranched alkanes of at least 4 members (excludes halogenated alkanes) is 3. The van der Waals surface area contributed by atoms with Crippen LogP contribution in [0.1, 0.15) is 32.1 Å². The van der Waals surface area contributed by atoms with Crippen molar-refractivity contribution in [2.45, 2.75) is 44.2 Å². The van der Waals surface area contributed by atoms with Crippen molar-refractivity contribution in [3.05, 3.63) is 0 Å². The van der Waals surface area contributed by atoms with Crippen LogP contribution in [-0.2, 0) is 4.79 Å². The molecule has 2 amide bonds. The molecular weight excluding hydrogens is 196 g/mol. The van der Waals surface area contributed by atoms with Gasteiger partial charge < -0.3 is 20.5 Å². The Kier molecular flexibility index (Phi) is 5.10. The number of urea groups is 1. The number of carbonyl (C=O) groups excluding carboxylic acids is 2. The highest BCUT2D eigenvalue weighted by Gasteiger charge is 2.29. The van der Waals surface area contributed by atoms with Crippen molar-refractivity contribution in [1.82, 2.24) is 10.6 Å². The van der Waals surface area contributed by atoms with E-state index in [-0.39, 0.29) is 24.7 Å². The molecule has 0 aliphatic carbocycles. The smallest absolute Gasteiger partial charge is 0.315 e. The van der Waals surface area contributed by atoms with Gasteiger partial charge in [0.15, 0.2) is 0 Å². The van der Waals surface area contributed by atoms with Gasteiger partial charge in [0.05, 0.1) is 18.7 Å². The number of nitrogens with one attached hydrogen (secondary N) is 2. The average Bonchev–Trinajstić information content (AvgIpc) is 2.59. The third-order valence-electron chi connectivity index (χ3n) is 2.65. The first-order valence-corrected chi connectivity index (χ1v) is 5.39. The Hall–Kier alpha value is -1.10. The minimum atomic E-state index is -0.202. The first kappa shape index (κ1) is 12.0. The molecule has 1 heterocycles. The highest BCUT2D eigenvalue weighted by molar-refractivity contribution is 5.77. The van der Waals surface area contributed by atoms with Crippen LogP contribution in [0, 0.1) is 0 Å². The first-order valence-electron chi connectivity index (χ1n) is 5.39. The fourth-order valence-corrected chi connectivity index (χ4v) is 1.79. The molecule has 2 atom stereocenters. The molecule has 1 fully saturated rings. The molecule has 0 radical (unpaired) electrons. The number of aliphatic hydroxyl groups is 1. The lowest BCUT2D eigenvalue weighted by molar-refractivity contribution is -0.107. The quantitative estimate of drug-likeness (QED) is 0.418. The molecular formula is C10H18N2O3. The lowest BCUT2D eigenvalue weighted by atomic mass is 10.0. The summed E-state index contributed by atoms with van der Waals surface area (Å²) in [6, 6.07) is -0.339. The van der Waals surface area contributed by atoms with E-state index in [1.165, 1.54) is 0 Å². The van der Waals surface area contributed by atoms with E-state index in [0.717, 1.165) is 32.0 Å². The van der Waals surface area contributed by atoms with E-state index >= 15 is 0 Å². The van der Waals surface area contributed by atoms with Gasteiger partial charge in [-0.05, 0) is 12.8 Å². The summed E-state index contributed by atoms with van der Waals surface area (Å²) in [6.07, 6.45) is 5.25. The van der Waals surface area contributed by atoms with Gasteiger partial charge in [-0.3, -0.25) is 0 Å². The molecule has 0 aromatic heterocycles. The Balaban J connectivity index is 2.14. The van der Waals surface area contributed by atoms with Gasteiger partial charge in [-0.25, -0.2) is 4.79 Å². The SMILES string of the molecule is O=CCCCCC[C@H]1NC(=O)N[C@H]1CO. The third kappa shape index (κ3) is 3.87. The summed E-state index contributed by atoms with van der Waals surface area (Å²) in [5.74, 6) is 0. The monoisotopic (exact) mass is 214 g/mol. The highest BCUT2D eigenvalue weighted by Crippen LogP contribution is 2.11. The van der Waals surface area contributed by atoms with Gasteiger partial charge >= 0.3 is 6.03 Å². The number of rotatable bonds is 7. The predicted octanol–water partition coefficient (Wildman–Crippen LogP) is 0.178. The van der Waals surface area contributed by atoms with E-state index in [4.69, 9.17) is 5.11 Å². The van der Waals surface area contributed by atoms with Crippen molar-refractivity contribution < 1.29 is 14.7 Å². The van der Waals surface area contributed by atoms with E-state index in [1.54, 1.807) is 0 Å². The van der Waals surface area contributed by atoms with E-state index in [1.807, 2.05) is 0 Å². The zero-order valence-electron chi connectivity index (χ0n) is 8.74. The van der Waals surface area contributed by atoms with Crippen molar-refractivity contribution in [1.29, 1.82) is 0 Å².